The number of H-pyrrole nitrogens is 1. The van der Waals surface area contributed by atoms with Gasteiger partial charge in [-0.15, -0.1) is 0 Å². The van der Waals surface area contributed by atoms with E-state index in [4.69, 9.17) is 25.8 Å². The minimum atomic E-state index is -0.169. The van der Waals surface area contributed by atoms with Gasteiger partial charge in [0.25, 0.3) is 11.8 Å². The first kappa shape index (κ1) is 21.8. The molecule has 4 aromatic rings. The Bertz CT molecular complexity index is 1420. The third kappa shape index (κ3) is 3.54. The summed E-state index contributed by atoms with van der Waals surface area (Å²) in [6.07, 6.45) is 2.35. The van der Waals surface area contributed by atoms with E-state index in [9.17, 15) is 4.79 Å². The summed E-state index contributed by atoms with van der Waals surface area (Å²) in [6.45, 7) is 0.548. The van der Waals surface area contributed by atoms with Crippen molar-refractivity contribution in [1.29, 1.82) is 0 Å². The number of hydrogen-bond donors (Lipinski definition) is 3. The third-order valence-corrected chi connectivity index (χ3v) is 6.02. The molecule has 0 atom stereocenters. The predicted octanol–water partition coefficient (Wildman–Crippen LogP) is 4.33. The van der Waals surface area contributed by atoms with Gasteiger partial charge in [-0.25, -0.2) is 4.98 Å². The highest BCUT2D eigenvalue weighted by molar-refractivity contribution is 6.32. The summed E-state index contributed by atoms with van der Waals surface area (Å²) in [4.78, 5) is 25.5. The number of para-hydroxylation sites is 1. The largest absolute Gasteiger partial charge is 0.493 e. The molecule has 9 nitrogen and oxygen atoms in total. The fourth-order valence-electron chi connectivity index (χ4n) is 4.19. The lowest BCUT2D eigenvalue weighted by molar-refractivity contribution is 0.0947. The van der Waals surface area contributed by atoms with E-state index in [1.54, 1.807) is 32.5 Å². The van der Waals surface area contributed by atoms with Gasteiger partial charge in [0.15, 0.2) is 11.5 Å². The van der Waals surface area contributed by atoms with Crippen LogP contribution < -0.4 is 24.8 Å². The second kappa shape index (κ2) is 8.75. The van der Waals surface area contributed by atoms with Crippen LogP contribution in [-0.4, -0.2) is 48.7 Å². The van der Waals surface area contributed by atoms with Crippen molar-refractivity contribution in [2.45, 2.75) is 6.42 Å². The van der Waals surface area contributed by atoms with Crippen LogP contribution in [0.15, 0.2) is 36.5 Å². The molecule has 1 aromatic carbocycles. The van der Waals surface area contributed by atoms with Crippen molar-refractivity contribution in [3.05, 3.63) is 52.8 Å². The molecule has 0 bridgehead atoms. The number of pyridine rings is 2. The Labute approximate surface area is 200 Å². The van der Waals surface area contributed by atoms with E-state index in [2.05, 4.69) is 25.6 Å². The first-order chi connectivity index (χ1) is 16.5. The fraction of sp³-hybridized carbons (Fsp3) is 0.208. The molecule has 4 heterocycles. The molecule has 0 saturated heterocycles. The van der Waals surface area contributed by atoms with E-state index in [1.807, 2.05) is 18.2 Å². The normalized spacial score (nSPS) is 12.8. The Morgan fingerprint density at radius 3 is 2.74 bits per heavy atom. The van der Waals surface area contributed by atoms with Crippen molar-refractivity contribution in [2.24, 2.45) is 0 Å². The summed E-state index contributed by atoms with van der Waals surface area (Å²) >= 11 is 6.34. The van der Waals surface area contributed by atoms with Crippen molar-refractivity contribution in [3.8, 4) is 28.6 Å². The number of carbonyl (C=O) groups is 1. The highest BCUT2D eigenvalue weighted by atomic mass is 35.5. The number of carbonyl (C=O) groups excluding carboxylic acids is 1. The lowest BCUT2D eigenvalue weighted by atomic mass is 10.0. The molecular formula is C24H22ClN5O4. The molecule has 0 aliphatic carbocycles. The predicted molar refractivity (Wildman–Crippen MR) is 130 cm³/mol. The number of benzene rings is 1. The molecule has 0 unspecified atom stereocenters. The molecule has 3 N–H and O–H groups in total. The quantitative estimate of drug-likeness (QED) is 0.377. The van der Waals surface area contributed by atoms with Crippen LogP contribution in [0.3, 0.4) is 0 Å². The first-order valence-corrected chi connectivity index (χ1v) is 10.9. The molecule has 34 heavy (non-hydrogen) atoms. The zero-order valence-corrected chi connectivity index (χ0v) is 19.5. The smallest absolute Gasteiger partial charge is 0.257 e. The Hall–Kier alpha value is -3.98. The summed E-state index contributed by atoms with van der Waals surface area (Å²) in [6, 6.07) is 9.01. The van der Waals surface area contributed by atoms with Crippen LogP contribution in [0.4, 0.5) is 11.4 Å². The summed E-state index contributed by atoms with van der Waals surface area (Å²) in [7, 11) is 4.63. The minimum absolute atomic E-state index is 0.169. The maximum absolute atomic E-state index is 12.9. The van der Waals surface area contributed by atoms with Gasteiger partial charge in [-0.2, -0.15) is 0 Å². The highest BCUT2D eigenvalue weighted by Gasteiger charge is 2.29. The van der Waals surface area contributed by atoms with Gasteiger partial charge < -0.3 is 29.8 Å². The molecule has 10 heteroatoms. The van der Waals surface area contributed by atoms with Crippen LogP contribution in [0.1, 0.15) is 16.1 Å². The minimum Gasteiger partial charge on any atom is -0.493 e. The molecule has 0 fully saturated rings. The molecule has 1 aliphatic rings. The number of halogens is 1. The standard InChI is InChI=1S/C24H22ClN5O4/c1-32-17-11-16-19(30-24(17)34-3)12(7-9-26-16)20-21(18-14(28-20)8-10-27-23(18)31)29-15-6-4-5-13(25)22(15)33-2/h4-7,9,11,28-29H,8,10H2,1-3H3,(H,27,31). The number of aromatic nitrogens is 3. The highest BCUT2D eigenvalue weighted by Crippen LogP contribution is 2.42. The second-order valence-corrected chi connectivity index (χ2v) is 8.01. The Morgan fingerprint density at radius 1 is 1.12 bits per heavy atom. The van der Waals surface area contributed by atoms with E-state index >= 15 is 0 Å². The van der Waals surface area contributed by atoms with Gasteiger partial charge in [-0.05, 0) is 18.2 Å². The molecule has 1 amide bonds. The zero-order chi connectivity index (χ0) is 23.8. The Morgan fingerprint density at radius 2 is 1.97 bits per heavy atom. The summed E-state index contributed by atoms with van der Waals surface area (Å²) in [5.41, 5.74) is 5.24. The van der Waals surface area contributed by atoms with Crippen LogP contribution >= 0.6 is 11.6 Å². The summed E-state index contributed by atoms with van der Waals surface area (Å²) in [5.74, 6) is 1.12. The average Bonchev–Trinajstić information content (AvgIpc) is 3.22. The van der Waals surface area contributed by atoms with E-state index in [0.717, 1.165) is 11.3 Å². The molecule has 5 rings (SSSR count). The lowest BCUT2D eigenvalue weighted by Crippen LogP contribution is -2.31. The molecular weight excluding hydrogens is 458 g/mol. The van der Waals surface area contributed by atoms with Gasteiger partial charge in [-0.3, -0.25) is 9.78 Å². The third-order valence-electron chi connectivity index (χ3n) is 5.72. The van der Waals surface area contributed by atoms with Gasteiger partial charge in [0.05, 0.1) is 54.5 Å². The van der Waals surface area contributed by atoms with Crippen LogP contribution in [0.2, 0.25) is 5.02 Å². The number of fused-ring (bicyclic) bond motifs is 2. The number of aromatic amines is 1. The van der Waals surface area contributed by atoms with Crippen LogP contribution in [0.5, 0.6) is 17.4 Å². The average molecular weight is 480 g/mol. The molecule has 174 valence electrons. The number of methoxy groups -OCH3 is 3. The second-order valence-electron chi connectivity index (χ2n) is 7.61. The van der Waals surface area contributed by atoms with Crippen molar-refractivity contribution in [2.75, 3.05) is 33.2 Å². The fourth-order valence-corrected chi connectivity index (χ4v) is 4.44. The number of hydrogen-bond acceptors (Lipinski definition) is 7. The number of amides is 1. The van der Waals surface area contributed by atoms with E-state index in [1.165, 1.54) is 7.11 Å². The first-order valence-electron chi connectivity index (χ1n) is 10.6. The van der Waals surface area contributed by atoms with E-state index < -0.39 is 0 Å². The number of rotatable bonds is 6. The number of nitrogens with zero attached hydrogens (tertiary/aromatic N) is 2. The van der Waals surface area contributed by atoms with Gasteiger partial charge in [0.2, 0.25) is 0 Å². The SMILES string of the molecule is COc1cc2nccc(-c3[nH]c4c(c3Nc3cccc(Cl)c3OC)C(=O)NCC4)c2nc1OC. The van der Waals surface area contributed by atoms with E-state index in [0.29, 0.717) is 69.0 Å². The van der Waals surface area contributed by atoms with Crippen LogP contribution in [0.25, 0.3) is 22.3 Å². The molecule has 0 radical (unpaired) electrons. The topological polar surface area (TPSA) is 110 Å². The number of ether oxygens (including phenoxy) is 3. The van der Waals surface area contributed by atoms with Crippen LogP contribution in [0, 0.1) is 0 Å². The Kier molecular flexibility index (Phi) is 5.62. The number of nitrogens with one attached hydrogen (secondary N) is 3. The van der Waals surface area contributed by atoms with E-state index in [-0.39, 0.29) is 5.91 Å². The van der Waals surface area contributed by atoms with Crippen molar-refractivity contribution < 1.29 is 19.0 Å². The number of anilines is 2. The summed E-state index contributed by atoms with van der Waals surface area (Å²) in [5, 5.41) is 6.75. The monoisotopic (exact) mass is 479 g/mol. The van der Waals surface area contributed by atoms with Crippen molar-refractivity contribution >= 4 is 39.9 Å². The van der Waals surface area contributed by atoms with Gasteiger partial charge in [0.1, 0.15) is 5.52 Å². The van der Waals surface area contributed by atoms with Gasteiger partial charge >= 0.3 is 0 Å². The summed E-state index contributed by atoms with van der Waals surface area (Å²) < 4.78 is 16.3. The van der Waals surface area contributed by atoms with Gasteiger partial charge in [-0.1, -0.05) is 17.7 Å². The zero-order valence-electron chi connectivity index (χ0n) is 18.8. The molecule has 0 spiro atoms. The van der Waals surface area contributed by atoms with Gasteiger partial charge in [0, 0.05) is 36.5 Å². The van der Waals surface area contributed by atoms with Crippen molar-refractivity contribution in [1.82, 2.24) is 20.3 Å². The Balaban J connectivity index is 1.76. The maximum atomic E-state index is 12.9. The molecule has 3 aromatic heterocycles. The maximum Gasteiger partial charge on any atom is 0.257 e. The van der Waals surface area contributed by atoms with Crippen molar-refractivity contribution in [3.63, 3.8) is 0 Å². The molecule has 0 saturated carbocycles. The lowest BCUT2D eigenvalue weighted by Gasteiger charge is -2.17. The van der Waals surface area contributed by atoms with Crippen LogP contribution in [-0.2, 0) is 6.42 Å². The molecule has 1 aliphatic heterocycles.